The highest BCUT2D eigenvalue weighted by molar-refractivity contribution is 5.77. The lowest BCUT2D eigenvalue weighted by atomic mass is 9.57. The van der Waals surface area contributed by atoms with Gasteiger partial charge in [-0.25, -0.2) is 9.78 Å². The van der Waals surface area contributed by atoms with Crippen molar-refractivity contribution in [3.8, 4) is 0 Å². The number of hydrogen-bond acceptors (Lipinski definition) is 6. The number of nitrogens with zero attached hydrogens (tertiary/aromatic N) is 6. The lowest BCUT2D eigenvalue weighted by Crippen LogP contribution is -2.67. The summed E-state index contributed by atoms with van der Waals surface area (Å²) in [5, 5.41) is 8.73. The van der Waals surface area contributed by atoms with Crippen LogP contribution in [0.1, 0.15) is 73.5 Å². The first-order valence-corrected chi connectivity index (χ1v) is 13.4. The Kier molecular flexibility index (Phi) is 4.21. The lowest BCUT2D eigenvalue weighted by Gasteiger charge is -2.59. The average molecular weight is 476 g/mol. The van der Waals surface area contributed by atoms with Gasteiger partial charge in [0.2, 0.25) is 0 Å². The van der Waals surface area contributed by atoms with Crippen molar-refractivity contribution >= 4 is 11.8 Å². The molecule has 6 aliphatic rings. The van der Waals surface area contributed by atoms with Crippen LogP contribution < -0.4 is 4.90 Å². The highest BCUT2D eigenvalue weighted by Crippen LogP contribution is 2.56. The summed E-state index contributed by atoms with van der Waals surface area (Å²) in [5.74, 6) is 4.70. The predicted octanol–water partition coefficient (Wildman–Crippen LogP) is 2.85. The first-order chi connectivity index (χ1) is 17.1. The number of anilines is 1. The summed E-state index contributed by atoms with van der Waals surface area (Å²) in [4.78, 5) is 27.5. The van der Waals surface area contributed by atoms with Crippen LogP contribution in [0.4, 0.5) is 10.6 Å². The topological polar surface area (TPSA) is 90.5 Å². The Morgan fingerprint density at radius 1 is 0.971 bits per heavy atom. The molecule has 4 saturated heterocycles. The number of H-pyrrole nitrogens is 1. The van der Waals surface area contributed by atoms with Crippen LogP contribution in [0.3, 0.4) is 0 Å². The minimum Gasteiger partial charge on any atom is -0.371 e. The molecule has 8 rings (SSSR count). The van der Waals surface area contributed by atoms with E-state index in [9.17, 15) is 4.79 Å². The zero-order valence-corrected chi connectivity index (χ0v) is 20.2. The smallest absolute Gasteiger partial charge is 0.320 e. The Balaban J connectivity index is 0.799. The first kappa shape index (κ1) is 20.5. The number of likely N-dealkylation sites (tertiary alicyclic amines) is 2. The molecule has 0 bridgehead atoms. The number of nitrogens with one attached hydrogen (secondary N) is 1. The van der Waals surface area contributed by atoms with Crippen LogP contribution >= 0.6 is 0 Å². The van der Waals surface area contributed by atoms with Gasteiger partial charge >= 0.3 is 6.03 Å². The Bertz CT molecular complexity index is 1120. The molecule has 6 fully saturated rings. The van der Waals surface area contributed by atoms with Crippen molar-refractivity contribution in [2.75, 3.05) is 50.8 Å². The third-order valence-electron chi connectivity index (χ3n) is 9.42. The third-order valence-corrected chi connectivity index (χ3v) is 9.42. The van der Waals surface area contributed by atoms with Gasteiger partial charge in [0, 0.05) is 62.2 Å². The van der Waals surface area contributed by atoms with E-state index in [4.69, 9.17) is 9.72 Å². The molecule has 2 aromatic rings. The fourth-order valence-electron chi connectivity index (χ4n) is 7.04. The molecular weight excluding hydrogens is 442 g/mol. The van der Waals surface area contributed by atoms with Gasteiger partial charge in [-0.2, -0.15) is 0 Å². The molecule has 2 amide bonds. The van der Waals surface area contributed by atoms with Crippen molar-refractivity contribution in [2.24, 2.45) is 5.41 Å². The molecule has 0 radical (unpaired) electrons. The van der Waals surface area contributed by atoms with E-state index in [0.717, 1.165) is 76.2 Å². The number of ether oxygens (including phenoxy) is 1. The number of carbonyl (C=O) groups is 1. The predicted molar refractivity (Wildman–Crippen MR) is 128 cm³/mol. The van der Waals surface area contributed by atoms with Crippen LogP contribution in [0.5, 0.6) is 0 Å². The quantitative estimate of drug-likeness (QED) is 0.731. The molecule has 0 unspecified atom stereocenters. The van der Waals surface area contributed by atoms with Crippen molar-refractivity contribution < 1.29 is 9.53 Å². The number of aromatic nitrogens is 4. The number of pyridine rings is 1. The van der Waals surface area contributed by atoms with E-state index in [1.807, 2.05) is 16.0 Å². The van der Waals surface area contributed by atoms with E-state index < -0.39 is 0 Å². The van der Waals surface area contributed by atoms with Crippen LogP contribution in [0.2, 0.25) is 0 Å². The molecule has 0 aromatic carbocycles. The SMILES string of the molecule is O=C(N1CC(c2ccc(N3CC4(CCCO4)C3)nc2)C1)N1CC2(CC(c3nnc(C4CC4)[nH]3)C2)C1. The van der Waals surface area contributed by atoms with E-state index in [2.05, 4.69) is 32.2 Å². The van der Waals surface area contributed by atoms with Gasteiger partial charge in [-0.1, -0.05) is 6.07 Å². The molecule has 9 heteroatoms. The Labute approximate surface area is 205 Å². The number of urea groups is 1. The zero-order valence-electron chi connectivity index (χ0n) is 20.2. The van der Waals surface area contributed by atoms with Crippen molar-refractivity contribution in [3.05, 3.63) is 35.5 Å². The fraction of sp³-hybridized carbons (Fsp3) is 0.692. The summed E-state index contributed by atoms with van der Waals surface area (Å²) in [6.45, 7) is 6.21. The van der Waals surface area contributed by atoms with Gasteiger partial charge in [0.25, 0.3) is 0 Å². The monoisotopic (exact) mass is 475 g/mol. The summed E-state index contributed by atoms with van der Waals surface area (Å²) < 4.78 is 5.93. The first-order valence-electron chi connectivity index (χ1n) is 13.4. The second kappa shape index (κ2) is 7.18. The lowest BCUT2D eigenvalue weighted by molar-refractivity contribution is -0.0601. The molecular formula is C26H33N7O2. The normalized spacial score (nSPS) is 27.0. The molecule has 2 spiro atoms. The Morgan fingerprint density at radius 2 is 1.74 bits per heavy atom. The van der Waals surface area contributed by atoms with Crippen molar-refractivity contribution in [1.29, 1.82) is 0 Å². The molecule has 6 heterocycles. The average Bonchev–Trinajstić information content (AvgIpc) is 3.27. The van der Waals surface area contributed by atoms with E-state index in [1.165, 1.54) is 31.2 Å². The number of aromatic amines is 1. The maximum atomic E-state index is 13.0. The molecule has 4 aliphatic heterocycles. The summed E-state index contributed by atoms with van der Waals surface area (Å²) in [6.07, 6.45) is 9.10. The standard InChI is InChI=1S/C26H33N7O2/c34-24(33-13-25(14-33)8-19(9-25)23-28-22(29-30-23)17-2-3-17)31-11-20(12-31)18-4-5-21(27-10-18)32-15-26(16-32)6-1-7-35-26/h4-5,10,17,19-20H,1-3,6-9,11-16H2,(H,28,29,30). The van der Waals surface area contributed by atoms with Crippen molar-refractivity contribution in [3.63, 3.8) is 0 Å². The van der Waals surface area contributed by atoms with E-state index >= 15 is 0 Å². The second-order valence-corrected chi connectivity index (χ2v) is 12.2. The molecule has 2 aromatic heterocycles. The van der Waals surface area contributed by atoms with Crippen LogP contribution in [0.15, 0.2) is 18.3 Å². The van der Waals surface area contributed by atoms with Crippen LogP contribution in [0.25, 0.3) is 0 Å². The molecule has 2 aliphatic carbocycles. The Morgan fingerprint density at radius 3 is 2.40 bits per heavy atom. The molecule has 35 heavy (non-hydrogen) atoms. The third kappa shape index (κ3) is 3.30. The van der Waals surface area contributed by atoms with Crippen molar-refractivity contribution in [1.82, 2.24) is 30.0 Å². The molecule has 1 N–H and O–H groups in total. The van der Waals surface area contributed by atoms with Crippen molar-refractivity contribution in [2.45, 2.75) is 61.9 Å². The number of rotatable bonds is 4. The van der Waals surface area contributed by atoms with E-state index in [1.54, 1.807) is 0 Å². The van der Waals surface area contributed by atoms with Gasteiger partial charge in [-0.3, -0.25) is 0 Å². The summed E-state index contributed by atoms with van der Waals surface area (Å²) in [5.41, 5.74) is 1.65. The zero-order chi connectivity index (χ0) is 23.2. The van der Waals surface area contributed by atoms with E-state index in [0.29, 0.717) is 23.2 Å². The van der Waals surface area contributed by atoms with Gasteiger partial charge in [0.1, 0.15) is 23.1 Å². The summed E-state index contributed by atoms with van der Waals surface area (Å²) in [6, 6.07) is 4.54. The van der Waals surface area contributed by atoms with Gasteiger partial charge in [0.05, 0.1) is 13.1 Å². The van der Waals surface area contributed by atoms with E-state index in [-0.39, 0.29) is 11.6 Å². The van der Waals surface area contributed by atoms with Gasteiger partial charge in [0.15, 0.2) is 0 Å². The minimum atomic E-state index is 0.0978. The maximum Gasteiger partial charge on any atom is 0.320 e. The Hall–Kier alpha value is -2.68. The highest BCUT2D eigenvalue weighted by Gasteiger charge is 2.56. The molecule has 2 saturated carbocycles. The number of amides is 2. The number of hydrogen-bond donors (Lipinski definition) is 1. The maximum absolute atomic E-state index is 13.0. The molecule has 9 nitrogen and oxygen atoms in total. The van der Waals surface area contributed by atoms with Gasteiger partial charge < -0.3 is 24.4 Å². The molecule has 184 valence electrons. The minimum absolute atomic E-state index is 0.0978. The van der Waals surface area contributed by atoms with Crippen LogP contribution in [-0.4, -0.2) is 87.5 Å². The fourth-order valence-corrected chi connectivity index (χ4v) is 7.04. The number of carbonyl (C=O) groups excluding carboxylic acids is 1. The highest BCUT2D eigenvalue weighted by atomic mass is 16.5. The largest absolute Gasteiger partial charge is 0.371 e. The van der Waals surface area contributed by atoms with Gasteiger partial charge in [-0.15, -0.1) is 10.2 Å². The second-order valence-electron chi connectivity index (χ2n) is 12.2. The van der Waals surface area contributed by atoms with Crippen LogP contribution in [0, 0.1) is 5.41 Å². The van der Waals surface area contributed by atoms with Gasteiger partial charge in [-0.05, 0) is 50.2 Å². The summed E-state index contributed by atoms with van der Waals surface area (Å²) in [7, 11) is 0. The van der Waals surface area contributed by atoms with Crippen LogP contribution in [-0.2, 0) is 4.74 Å². The molecule has 0 atom stereocenters. The summed E-state index contributed by atoms with van der Waals surface area (Å²) >= 11 is 0.